The molecular weight excluding hydrogens is 425 g/mol. The molecule has 1 aromatic heterocycles. The number of nitrogens with one attached hydrogen (secondary N) is 2. The van der Waals surface area contributed by atoms with Gasteiger partial charge >= 0.3 is 0 Å². The maximum atomic E-state index is 5.52. The molecule has 1 fully saturated rings. The SMILES string of the molecule is CCSC1(CNC(=NC)NCc2ccnn2C)CCOCC1.I. The third kappa shape index (κ3) is 6.15. The van der Waals surface area contributed by atoms with E-state index in [2.05, 4.69) is 27.6 Å². The lowest BCUT2D eigenvalue weighted by Crippen LogP contribution is -2.48. The molecular formula is C15H28IN5OS. The Morgan fingerprint density at radius 2 is 2.17 bits per heavy atom. The largest absolute Gasteiger partial charge is 0.381 e. The third-order valence-corrected chi connectivity index (χ3v) is 5.47. The predicted octanol–water partition coefficient (Wildman–Crippen LogP) is 2.01. The summed E-state index contributed by atoms with van der Waals surface area (Å²) in [7, 11) is 3.75. The van der Waals surface area contributed by atoms with Crippen molar-refractivity contribution in [3.05, 3.63) is 18.0 Å². The first-order chi connectivity index (χ1) is 10.7. The molecule has 0 bridgehead atoms. The molecule has 2 N–H and O–H groups in total. The zero-order valence-electron chi connectivity index (χ0n) is 14.2. The monoisotopic (exact) mass is 453 g/mol. The Bertz CT molecular complexity index is 482. The zero-order chi connectivity index (χ0) is 15.8. The van der Waals surface area contributed by atoms with Gasteiger partial charge in [-0.05, 0) is 24.7 Å². The van der Waals surface area contributed by atoms with Gasteiger partial charge in [0, 0.05) is 44.8 Å². The van der Waals surface area contributed by atoms with Crippen molar-refractivity contribution in [1.82, 2.24) is 20.4 Å². The van der Waals surface area contributed by atoms with Crippen molar-refractivity contribution >= 4 is 41.7 Å². The molecule has 1 aromatic rings. The molecule has 2 rings (SSSR count). The fourth-order valence-corrected chi connectivity index (χ4v) is 3.88. The molecule has 8 heteroatoms. The first-order valence-electron chi connectivity index (χ1n) is 7.82. The normalized spacial score (nSPS) is 17.4. The summed E-state index contributed by atoms with van der Waals surface area (Å²) in [4.78, 5) is 4.32. The van der Waals surface area contributed by atoms with Gasteiger partial charge in [0.2, 0.25) is 0 Å². The topological polar surface area (TPSA) is 63.5 Å². The van der Waals surface area contributed by atoms with Crippen molar-refractivity contribution in [2.24, 2.45) is 12.0 Å². The van der Waals surface area contributed by atoms with E-state index in [9.17, 15) is 0 Å². The van der Waals surface area contributed by atoms with Gasteiger partial charge in [-0.15, -0.1) is 24.0 Å². The average Bonchev–Trinajstić information content (AvgIpc) is 2.94. The van der Waals surface area contributed by atoms with Gasteiger partial charge in [-0.1, -0.05) is 6.92 Å². The van der Waals surface area contributed by atoms with E-state index in [-0.39, 0.29) is 28.7 Å². The minimum Gasteiger partial charge on any atom is -0.381 e. The van der Waals surface area contributed by atoms with Gasteiger partial charge in [0.05, 0.1) is 12.2 Å². The molecule has 1 aliphatic heterocycles. The lowest BCUT2D eigenvalue weighted by atomic mass is 9.99. The van der Waals surface area contributed by atoms with Crippen LogP contribution in [0.4, 0.5) is 0 Å². The van der Waals surface area contributed by atoms with Crippen molar-refractivity contribution in [1.29, 1.82) is 0 Å². The van der Waals surface area contributed by atoms with Crippen LogP contribution in [0.15, 0.2) is 17.3 Å². The Balaban J connectivity index is 0.00000264. The first-order valence-corrected chi connectivity index (χ1v) is 8.81. The van der Waals surface area contributed by atoms with Gasteiger partial charge in [-0.2, -0.15) is 16.9 Å². The second-order valence-corrected chi connectivity index (χ2v) is 7.19. The average molecular weight is 453 g/mol. The lowest BCUT2D eigenvalue weighted by Gasteiger charge is -2.37. The van der Waals surface area contributed by atoms with Gasteiger partial charge in [0.15, 0.2) is 5.96 Å². The molecule has 1 saturated heterocycles. The number of nitrogens with zero attached hydrogens (tertiary/aromatic N) is 3. The Labute approximate surface area is 160 Å². The molecule has 0 aliphatic carbocycles. The Hall–Kier alpha value is -0.480. The van der Waals surface area contributed by atoms with E-state index in [0.29, 0.717) is 6.54 Å². The van der Waals surface area contributed by atoms with Crippen LogP contribution in [0.5, 0.6) is 0 Å². The molecule has 0 saturated carbocycles. The van der Waals surface area contributed by atoms with Crippen LogP contribution in [0.25, 0.3) is 0 Å². The summed E-state index contributed by atoms with van der Waals surface area (Å²) in [5.41, 5.74) is 1.13. The Morgan fingerprint density at radius 1 is 1.43 bits per heavy atom. The summed E-state index contributed by atoms with van der Waals surface area (Å²) in [6.07, 6.45) is 4.00. The van der Waals surface area contributed by atoms with E-state index in [0.717, 1.165) is 50.0 Å². The molecule has 6 nitrogen and oxygen atoms in total. The minimum absolute atomic E-state index is 0. The number of hydrogen-bond acceptors (Lipinski definition) is 4. The second-order valence-electron chi connectivity index (χ2n) is 5.45. The van der Waals surface area contributed by atoms with Gasteiger partial charge in [-0.3, -0.25) is 9.67 Å². The van der Waals surface area contributed by atoms with Crippen LogP contribution in [0.3, 0.4) is 0 Å². The highest BCUT2D eigenvalue weighted by Crippen LogP contribution is 2.34. The summed E-state index contributed by atoms with van der Waals surface area (Å²) in [5.74, 6) is 1.96. The van der Waals surface area contributed by atoms with Crippen molar-refractivity contribution in [3.63, 3.8) is 0 Å². The van der Waals surface area contributed by atoms with Gasteiger partial charge in [0.1, 0.15) is 0 Å². The summed E-state index contributed by atoms with van der Waals surface area (Å²) < 4.78 is 7.65. The van der Waals surface area contributed by atoms with Gasteiger partial charge in [0.25, 0.3) is 0 Å². The van der Waals surface area contributed by atoms with E-state index < -0.39 is 0 Å². The minimum atomic E-state index is 0. The molecule has 0 amide bonds. The molecule has 0 radical (unpaired) electrons. The van der Waals surface area contributed by atoms with E-state index in [1.54, 1.807) is 0 Å². The standard InChI is InChI=1S/C15H27N5OS.HI/c1-4-22-15(6-9-21-10-7-15)12-18-14(16-2)17-11-13-5-8-19-20(13)3;/h5,8H,4,6-7,9-12H2,1-3H3,(H2,16,17,18);1H. The summed E-state index contributed by atoms with van der Waals surface area (Å²) in [6, 6.07) is 2.01. The molecule has 2 heterocycles. The molecule has 0 unspecified atom stereocenters. The fraction of sp³-hybridized carbons (Fsp3) is 0.733. The Kier molecular flexibility index (Phi) is 9.30. The summed E-state index contributed by atoms with van der Waals surface area (Å²) in [5, 5.41) is 11.0. The Morgan fingerprint density at radius 3 is 2.74 bits per heavy atom. The number of aromatic nitrogens is 2. The van der Waals surface area contributed by atoms with Crippen LogP contribution < -0.4 is 10.6 Å². The van der Waals surface area contributed by atoms with E-state index in [1.165, 1.54) is 0 Å². The maximum absolute atomic E-state index is 5.52. The highest BCUT2D eigenvalue weighted by Gasteiger charge is 2.32. The van der Waals surface area contributed by atoms with E-state index >= 15 is 0 Å². The third-order valence-electron chi connectivity index (χ3n) is 4.02. The smallest absolute Gasteiger partial charge is 0.191 e. The van der Waals surface area contributed by atoms with Crippen LogP contribution in [-0.2, 0) is 18.3 Å². The fourth-order valence-electron chi connectivity index (χ4n) is 2.64. The quantitative estimate of drug-likeness (QED) is 0.392. The van der Waals surface area contributed by atoms with Crippen LogP contribution in [0, 0.1) is 0 Å². The molecule has 0 aromatic carbocycles. The van der Waals surface area contributed by atoms with E-state index in [1.807, 2.05) is 42.8 Å². The predicted molar refractivity (Wildman–Crippen MR) is 108 cm³/mol. The van der Waals surface area contributed by atoms with E-state index in [4.69, 9.17) is 4.74 Å². The highest BCUT2D eigenvalue weighted by molar-refractivity contribution is 14.0. The van der Waals surface area contributed by atoms with Crippen LogP contribution in [0.1, 0.15) is 25.5 Å². The number of aryl methyl sites for hydroxylation is 1. The number of hydrogen-bond donors (Lipinski definition) is 2. The second kappa shape index (κ2) is 10.4. The number of thioether (sulfide) groups is 1. The van der Waals surface area contributed by atoms with Crippen molar-refractivity contribution < 1.29 is 4.74 Å². The molecule has 23 heavy (non-hydrogen) atoms. The van der Waals surface area contributed by atoms with Crippen LogP contribution in [0.2, 0.25) is 0 Å². The zero-order valence-corrected chi connectivity index (χ0v) is 17.3. The molecule has 0 spiro atoms. The van der Waals surface area contributed by atoms with Gasteiger partial charge in [-0.25, -0.2) is 0 Å². The molecule has 1 aliphatic rings. The first kappa shape index (κ1) is 20.6. The maximum Gasteiger partial charge on any atom is 0.191 e. The highest BCUT2D eigenvalue weighted by atomic mass is 127. The number of ether oxygens (including phenoxy) is 1. The lowest BCUT2D eigenvalue weighted by molar-refractivity contribution is 0.0782. The summed E-state index contributed by atoms with van der Waals surface area (Å²) in [6.45, 7) is 5.57. The van der Waals surface area contributed by atoms with Crippen LogP contribution in [-0.4, -0.2) is 53.0 Å². The van der Waals surface area contributed by atoms with Crippen LogP contribution >= 0.6 is 35.7 Å². The number of aliphatic imine (C=N–C) groups is 1. The van der Waals surface area contributed by atoms with Crippen molar-refractivity contribution in [2.45, 2.75) is 31.1 Å². The molecule has 132 valence electrons. The summed E-state index contributed by atoms with van der Waals surface area (Å²) >= 11 is 2.03. The number of rotatable bonds is 6. The van der Waals surface area contributed by atoms with Gasteiger partial charge < -0.3 is 15.4 Å². The molecule has 0 atom stereocenters. The van der Waals surface area contributed by atoms with Crippen molar-refractivity contribution in [3.8, 4) is 0 Å². The number of guanidine groups is 1. The number of halogens is 1. The van der Waals surface area contributed by atoms with Crippen molar-refractivity contribution in [2.75, 3.05) is 32.6 Å².